The molecule has 1 fully saturated rings. The summed E-state index contributed by atoms with van der Waals surface area (Å²) in [6.07, 6.45) is 1.13. The van der Waals surface area contributed by atoms with Crippen molar-refractivity contribution in [3.8, 4) is 5.75 Å². The van der Waals surface area contributed by atoms with Gasteiger partial charge in [0.2, 0.25) is 15.9 Å². The van der Waals surface area contributed by atoms with Crippen LogP contribution < -0.4 is 10.1 Å². The number of methoxy groups -OCH3 is 1. The molecular formula is C19H31N3O4S. The largest absolute Gasteiger partial charge is 0.495 e. The van der Waals surface area contributed by atoms with Gasteiger partial charge in [0, 0.05) is 32.9 Å². The van der Waals surface area contributed by atoms with Crippen LogP contribution in [0.1, 0.15) is 27.2 Å². The van der Waals surface area contributed by atoms with Crippen molar-refractivity contribution in [1.82, 2.24) is 9.21 Å². The molecule has 1 saturated heterocycles. The number of amides is 1. The van der Waals surface area contributed by atoms with E-state index in [2.05, 4.69) is 19.2 Å². The minimum atomic E-state index is -3.66. The molecular weight excluding hydrogens is 366 g/mol. The zero-order valence-electron chi connectivity index (χ0n) is 17.0. The third kappa shape index (κ3) is 4.93. The van der Waals surface area contributed by atoms with Crippen LogP contribution in [0.15, 0.2) is 23.1 Å². The summed E-state index contributed by atoms with van der Waals surface area (Å²) in [7, 11) is 0.716. The van der Waals surface area contributed by atoms with Crippen molar-refractivity contribution < 1.29 is 17.9 Å². The highest BCUT2D eigenvalue weighted by atomic mass is 32.2. The fourth-order valence-electron chi connectivity index (χ4n) is 3.59. The van der Waals surface area contributed by atoms with E-state index < -0.39 is 16.1 Å². The van der Waals surface area contributed by atoms with Gasteiger partial charge in [-0.05, 0) is 43.4 Å². The van der Waals surface area contributed by atoms with Crippen LogP contribution in [0.5, 0.6) is 5.75 Å². The van der Waals surface area contributed by atoms with Gasteiger partial charge >= 0.3 is 0 Å². The normalized spacial score (nSPS) is 21.8. The Morgan fingerprint density at radius 2 is 1.85 bits per heavy atom. The molecule has 1 heterocycles. The lowest BCUT2D eigenvalue weighted by Crippen LogP contribution is -2.48. The number of hydrogen-bond acceptors (Lipinski definition) is 5. The van der Waals surface area contributed by atoms with Gasteiger partial charge in [-0.25, -0.2) is 12.7 Å². The maximum Gasteiger partial charge on any atom is 0.246 e. The van der Waals surface area contributed by atoms with Crippen LogP contribution >= 0.6 is 0 Å². The molecule has 27 heavy (non-hydrogen) atoms. The van der Waals surface area contributed by atoms with Gasteiger partial charge in [-0.1, -0.05) is 13.8 Å². The number of carbonyl (C=O) groups excluding carboxylic acids is 1. The smallest absolute Gasteiger partial charge is 0.246 e. The standard InChI is InChI=1S/C19H31N3O4S/c1-13-9-14(2)12-22(11-13)19(23)15(3)20-16-7-8-17(26-6)18(10-16)27(24,25)21(4)5/h7-8,10,13-15,20H,9,11-12H2,1-6H3/t13-,14+,15-/m1/s1. The lowest BCUT2D eigenvalue weighted by molar-refractivity contribution is -0.134. The van der Waals surface area contributed by atoms with Crippen LogP contribution in [0.4, 0.5) is 5.69 Å². The summed E-state index contributed by atoms with van der Waals surface area (Å²) in [5, 5.41) is 3.14. The van der Waals surface area contributed by atoms with E-state index in [9.17, 15) is 13.2 Å². The summed E-state index contributed by atoms with van der Waals surface area (Å²) in [5.74, 6) is 1.28. The average molecular weight is 398 g/mol. The van der Waals surface area contributed by atoms with Crippen LogP contribution in [-0.4, -0.2) is 63.9 Å². The first-order chi connectivity index (χ1) is 12.6. The predicted octanol–water partition coefficient (Wildman–Crippen LogP) is 2.25. The van der Waals surface area contributed by atoms with E-state index in [1.807, 2.05) is 4.90 Å². The number of nitrogens with one attached hydrogen (secondary N) is 1. The summed E-state index contributed by atoms with van der Waals surface area (Å²) < 4.78 is 31.4. The Kier molecular flexibility index (Phi) is 6.75. The van der Waals surface area contributed by atoms with E-state index in [1.54, 1.807) is 19.1 Å². The molecule has 8 heteroatoms. The molecule has 2 rings (SSSR count). The fraction of sp³-hybridized carbons (Fsp3) is 0.632. The molecule has 0 aliphatic carbocycles. The van der Waals surface area contributed by atoms with Crippen molar-refractivity contribution in [2.45, 2.75) is 38.1 Å². The van der Waals surface area contributed by atoms with Crippen molar-refractivity contribution in [2.24, 2.45) is 11.8 Å². The zero-order chi connectivity index (χ0) is 20.4. The molecule has 1 amide bonds. The Morgan fingerprint density at radius 1 is 1.26 bits per heavy atom. The number of hydrogen-bond donors (Lipinski definition) is 1. The first-order valence-electron chi connectivity index (χ1n) is 9.22. The highest BCUT2D eigenvalue weighted by Gasteiger charge is 2.29. The van der Waals surface area contributed by atoms with E-state index in [1.165, 1.54) is 27.3 Å². The van der Waals surface area contributed by atoms with Gasteiger partial charge in [0.25, 0.3) is 0 Å². The summed E-state index contributed by atoms with van der Waals surface area (Å²) in [6, 6.07) is 4.38. The molecule has 1 aliphatic heterocycles. The molecule has 1 aromatic carbocycles. The SMILES string of the molecule is COc1ccc(N[C@H](C)C(=O)N2C[C@H](C)C[C@H](C)C2)cc1S(=O)(=O)N(C)C. The van der Waals surface area contributed by atoms with E-state index in [0.29, 0.717) is 17.5 Å². The van der Waals surface area contributed by atoms with E-state index in [0.717, 1.165) is 23.8 Å². The molecule has 0 bridgehead atoms. The molecule has 152 valence electrons. The van der Waals surface area contributed by atoms with Crippen molar-refractivity contribution in [3.63, 3.8) is 0 Å². The lowest BCUT2D eigenvalue weighted by atomic mass is 9.91. The van der Waals surface area contributed by atoms with Crippen molar-refractivity contribution >= 4 is 21.6 Å². The topological polar surface area (TPSA) is 79.0 Å². The van der Waals surface area contributed by atoms with Gasteiger partial charge in [-0.15, -0.1) is 0 Å². The van der Waals surface area contributed by atoms with E-state index in [4.69, 9.17) is 4.74 Å². The number of rotatable bonds is 6. The highest BCUT2D eigenvalue weighted by Crippen LogP contribution is 2.29. The zero-order valence-corrected chi connectivity index (χ0v) is 17.8. The number of benzene rings is 1. The summed E-state index contributed by atoms with van der Waals surface area (Å²) >= 11 is 0. The molecule has 3 atom stereocenters. The monoisotopic (exact) mass is 397 g/mol. The van der Waals surface area contributed by atoms with Crippen molar-refractivity contribution in [1.29, 1.82) is 0 Å². The average Bonchev–Trinajstić information content (AvgIpc) is 2.59. The number of piperidine rings is 1. The summed E-state index contributed by atoms with van der Waals surface area (Å²) in [5.41, 5.74) is 0.565. The highest BCUT2D eigenvalue weighted by molar-refractivity contribution is 7.89. The molecule has 0 aromatic heterocycles. The number of nitrogens with zero attached hydrogens (tertiary/aromatic N) is 2. The van der Waals surface area contributed by atoms with E-state index in [-0.39, 0.29) is 16.6 Å². The van der Waals surface area contributed by atoms with Gasteiger partial charge in [0.05, 0.1) is 7.11 Å². The molecule has 1 aliphatic rings. The van der Waals surface area contributed by atoms with Crippen LogP contribution in [0.2, 0.25) is 0 Å². The van der Waals surface area contributed by atoms with Gasteiger partial charge in [-0.2, -0.15) is 0 Å². The van der Waals surface area contributed by atoms with Gasteiger partial charge in [0.15, 0.2) is 0 Å². The lowest BCUT2D eigenvalue weighted by Gasteiger charge is -2.36. The molecule has 7 nitrogen and oxygen atoms in total. The van der Waals surface area contributed by atoms with Crippen LogP contribution in [0, 0.1) is 11.8 Å². The minimum absolute atomic E-state index is 0.0289. The molecule has 0 saturated carbocycles. The number of anilines is 1. The molecule has 0 radical (unpaired) electrons. The second kappa shape index (κ2) is 8.48. The number of carbonyl (C=O) groups is 1. The van der Waals surface area contributed by atoms with Gasteiger partial charge in [-0.3, -0.25) is 4.79 Å². The Bertz CT molecular complexity index is 769. The molecule has 0 spiro atoms. The van der Waals surface area contributed by atoms with Crippen LogP contribution in [0.25, 0.3) is 0 Å². The van der Waals surface area contributed by atoms with Gasteiger partial charge in [0.1, 0.15) is 16.7 Å². The Balaban J connectivity index is 2.20. The molecule has 1 N–H and O–H groups in total. The maximum absolute atomic E-state index is 12.8. The second-order valence-corrected chi connectivity index (χ2v) is 9.83. The Labute approximate surface area is 162 Å². The summed E-state index contributed by atoms with van der Waals surface area (Å²) in [6.45, 7) is 7.65. The first-order valence-corrected chi connectivity index (χ1v) is 10.7. The van der Waals surface area contributed by atoms with Crippen molar-refractivity contribution in [3.05, 3.63) is 18.2 Å². The number of likely N-dealkylation sites (tertiary alicyclic amines) is 1. The van der Waals surface area contributed by atoms with E-state index >= 15 is 0 Å². The predicted molar refractivity (Wildman–Crippen MR) is 106 cm³/mol. The van der Waals surface area contributed by atoms with Crippen molar-refractivity contribution in [2.75, 3.05) is 39.6 Å². The van der Waals surface area contributed by atoms with Crippen LogP contribution in [0.3, 0.4) is 0 Å². The fourth-order valence-corrected chi connectivity index (χ4v) is 4.67. The second-order valence-electron chi connectivity index (χ2n) is 7.71. The van der Waals surface area contributed by atoms with Gasteiger partial charge < -0.3 is 15.0 Å². The maximum atomic E-state index is 12.8. The summed E-state index contributed by atoms with van der Waals surface area (Å²) in [4.78, 5) is 14.8. The van der Waals surface area contributed by atoms with Crippen LogP contribution in [-0.2, 0) is 14.8 Å². The number of ether oxygens (including phenoxy) is 1. The molecule has 0 unspecified atom stereocenters. The molecule has 1 aromatic rings. The third-order valence-electron chi connectivity index (χ3n) is 4.86. The minimum Gasteiger partial charge on any atom is -0.495 e. The first kappa shape index (κ1) is 21.5. The third-order valence-corrected chi connectivity index (χ3v) is 6.69. The number of sulfonamides is 1. The Hall–Kier alpha value is -1.80. The Morgan fingerprint density at radius 3 is 2.37 bits per heavy atom. The quantitative estimate of drug-likeness (QED) is 0.796.